The molecule has 0 saturated heterocycles. The highest BCUT2D eigenvalue weighted by Gasteiger charge is 2.34. The fourth-order valence-electron chi connectivity index (χ4n) is 4.43. The summed E-state index contributed by atoms with van der Waals surface area (Å²) >= 11 is 6.04. The molecular weight excluding hydrogens is 480 g/mol. The van der Waals surface area contributed by atoms with E-state index in [1.807, 2.05) is 30.3 Å². The lowest BCUT2D eigenvalue weighted by molar-refractivity contribution is 0.0480. The summed E-state index contributed by atoms with van der Waals surface area (Å²) in [5.74, 6) is -1.98. The van der Waals surface area contributed by atoms with E-state index < -0.39 is 17.7 Å². The van der Waals surface area contributed by atoms with Gasteiger partial charge in [0, 0.05) is 27.6 Å². The average Bonchev–Trinajstić information content (AvgIpc) is 3.24. The van der Waals surface area contributed by atoms with Gasteiger partial charge in [0.2, 0.25) is 5.78 Å². The van der Waals surface area contributed by atoms with Crippen LogP contribution in [0.15, 0.2) is 66.9 Å². The molecule has 0 saturated carbocycles. The predicted octanol–water partition coefficient (Wildman–Crippen LogP) is 5.88. The Morgan fingerprint density at radius 2 is 1.47 bits per heavy atom. The Hall–Kier alpha value is -4.23. The zero-order valence-corrected chi connectivity index (χ0v) is 20.3. The van der Waals surface area contributed by atoms with Crippen molar-refractivity contribution in [3.63, 3.8) is 0 Å². The van der Waals surface area contributed by atoms with E-state index in [9.17, 15) is 14.4 Å². The molecule has 5 aromatic rings. The summed E-state index contributed by atoms with van der Waals surface area (Å²) < 4.78 is 12.3. The minimum Gasteiger partial charge on any atom is -0.462 e. The predicted molar refractivity (Wildman–Crippen MR) is 137 cm³/mol. The molecule has 0 amide bonds. The number of ether oxygens (including phenoxy) is 2. The quantitative estimate of drug-likeness (QED) is 0.164. The molecule has 3 aromatic heterocycles. The lowest BCUT2D eigenvalue weighted by Crippen LogP contribution is -2.17. The molecule has 0 atom stereocenters. The van der Waals surface area contributed by atoms with Gasteiger partial charge < -0.3 is 13.9 Å². The van der Waals surface area contributed by atoms with Crippen LogP contribution >= 0.6 is 11.6 Å². The number of nitrogens with zero attached hydrogens (tertiary/aromatic N) is 2. The molecule has 0 spiro atoms. The number of benzene rings is 2. The first-order valence-corrected chi connectivity index (χ1v) is 11.8. The van der Waals surface area contributed by atoms with E-state index in [0.29, 0.717) is 27.1 Å². The number of ketones is 1. The first-order chi connectivity index (χ1) is 17.5. The van der Waals surface area contributed by atoms with Crippen LogP contribution in [0.5, 0.6) is 0 Å². The second-order valence-corrected chi connectivity index (χ2v) is 8.44. The summed E-state index contributed by atoms with van der Waals surface area (Å²) in [5, 5.41) is 2.08. The van der Waals surface area contributed by atoms with E-state index in [1.165, 1.54) is 0 Å². The average molecular weight is 501 g/mol. The van der Waals surface area contributed by atoms with Gasteiger partial charge in [-0.05, 0) is 50.2 Å². The molecule has 180 valence electrons. The molecule has 0 aliphatic heterocycles. The van der Waals surface area contributed by atoms with Crippen molar-refractivity contribution in [3.05, 3.63) is 94.3 Å². The van der Waals surface area contributed by atoms with E-state index in [1.54, 1.807) is 54.8 Å². The highest BCUT2D eigenvalue weighted by atomic mass is 35.5. The van der Waals surface area contributed by atoms with Crippen LogP contribution in [0.25, 0.3) is 27.3 Å². The number of hydrogen-bond acceptors (Lipinski definition) is 6. The van der Waals surface area contributed by atoms with Gasteiger partial charge in [-0.2, -0.15) is 0 Å². The Bertz CT molecular complexity index is 1670. The Balaban J connectivity index is 2.00. The van der Waals surface area contributed by atoms with E-state index >= 15 is 0 Å². The van der Waals surface area contributed by atoms with Crippen molar-refractivity contribution in [2.75, 3.05) is 13.2 Å². The smallest absolute Gasteiger partial charge is 0.341 e. The Morgan fingerprint density at radius 3 is 2.17 bits per heavy atom. The maximum atomic E-state index is 14.0. The Morgan fingerprint density at radius 1 is 0.833 bits per heavy atom. The third kappa shape index (κ3) is 3.78. The van der Waals surface area contributed by atoms with Gasteiger partial charge in [0.15, 0.2) is 0 Å². The minimum atomic E-state index is -0.789. The van der Waals surface area contributed by atoms with E-state index in [0.717, 1.165) is 10.8 Å². The molecule has 0 aliphatic rings. The number of rotatable bonds is 6. The number of fused-ring (bicyclic) bond motifs is 5. The zero-order valence-electron chi connectivity index (χ0n) is 19.6. The fourth-order valence-corrected chi connectivity index (χ4v) is 4.56. The molecule has 2 aromatic carbocycles. The van der Waals surface area contributed by atoms with Crippen molar-refractivity contribution in [1.82, 2.24) is 9.38 Å². The van der Waals surface area contributed by atoms with Crippen LogP contribution in [-0.4, -0.2) is 40.3 Å². The summed E-state index contributed by atoms with van der Waals surface area (Å²) in [6.07, 6.45) is 1.66. The van der Waals surface area contributed by atoms with Gasteiger partial charge in [-0.1, -0.05) is 35.9 Å². The van der Waals surface area contributed by atoms with E-state index in [2.05, 4.69) is 4.98 Å². The summed E-state index contributed by atoms with van der Waals surface area (Å²) in [6.45, 7) is 3.49. The number of esters is 2. The van der Waals surface area contributed by atoms with Crippen molar-refractivity contribution in [3.8, 4) is 0 Å². The van der Waals surface area contributed by atoms with Crippen molar-refractivity contribution in [2.24, 2.45) is 0 Å². The number of aromatic nitrogens is 2. The van der Waals surface area contributed by atoms with Gasteiger partial charge in [0.25, 0.3) is 0 Å². The fraction of sp³-hybridized carbons (Fsp3) is 0.143. The molecule has 0 fully saturated rings. The molecule has 0 aliphatic carbocycles. The van der Waals surface area contributed by atoms with Crippen molar-refractivity contribution < 1.29 is 23.9 Å². The standard InChI is InChI=1S/C28H21ClN2O5/c1-3-35-27(33)21-20-14-11-17-8-7-16-6-5-15-30-23(16)24(17)31(20)25(22(21)28(34)36-4-2)26(32)18-9-12-19(29)13-10-18/h5-15H,3-4H2,1-2H3. The van der Waals surface area contributed by atoms with Crippen molar-refractivity contribution in [1.29, 1.82) is 0 Å². The number of halogens is 1. The second-order valence-electron chi connectivity index (χ2n) is 8.01. The van der Waals surface area contributed by atoms with Crippen LogP contribution in [0.4, 0.5) is 0 Å². The number of carbonyl (C=O) groups excluding carboxylic acids is 3. The first-order valence-electron chi connectivity index (χ1n) is 11.5. The highest BCUT2D eigenvalue weighted by molar-refractivity contribution is 6.30. The van der Waals surface area contributed by atoms with Crippen LogP contribution < -0.4 is 0 Å². The number of hydrogen-bond donors (Lipinski definition) is 0. The number of pyridine rings is 2. The maximum absolute atomic E-state index is 14.0. The molecule has 0 N–H and O–H groups in total. The molecule has 3 heterocycles. The molecule has 8 heteroatoms. The monoisotopic (exact) mass is 500 g/mol. The van der Waals surface area contributed by atoms with Gasteiger partial charge >= 0.3 is 11.9 Å². The Labute approximate surface area is 211 Å². The van der Waals surface area contributed by atoms with Crippen LogP contribution in [0.3, 0.4) is 0 Å². The minimum absolute atomic E-state index is 0.00224. The van der Waals surface area contributed by atoms with Gasteiger partial charge in [-0.25, -0.2) is 9.59 Å². The SMILES string of the molecule is CCOC(=O)c1c(C(=O)OCC)c2ccc3ccc4cccnc4c3n2c1C(=O)c1ccc(Cl)cc1. The van der Waals surface area contributed by atoms with Crippen LogP contribution in [-0.2, 0) is 9.47 Å². The normalized spacial score (nSPS) is 11.2. The lowest BCUT2D eigenvalue weighted by Gasteiger charge is -2.11. The van der Waals surface area contributed by atoms with Crippen molar-refractivity contribution >= 4 is 56.6 Å². The molecule has 0 unspecified atom stereocenters. The zero-order chi connectivity index (χ0) is 25.4. The largest absolute Gasteiger partial charge is 0.462 e. The third-order valence-corrected chi connectivity index (χ3v) is 6.16. The molecule has 5 rings (SSSR count). The highest BCUT2D eigenvalue weighted by Crippen LogP contribution is 2.34. The lowest BCUT2D eigenvalue weighted by atomic mass is 10.0. The van der Waals surface area contributed by atoms with Crippen LogP contribution in [0, 0.1) is 0 Å². The first kappa shape index (κ1) is 23.5. The Kier molecular flexibility index (Phi) is 6.16. The maximum Gasteiger partial charge on any atom is 0.341 e. The summed E-state index contributed by atoms with van der Waals surface area (Å²) in [6, 6.07) is 17.4. The molecule has 7 nitrogen and oxygen atoms in total. The summed E-state index contributed by atoms with van der Waals surface area (Å²) in [5.41, 5.74) is 1.68. The van der Waals surface area contributed by atoms with Gasteiger partial charge in [-0.3, -0.25) is 9.78 Å². The summed E-state index contributed by atoms with van der Waals surface area (Å²) in [7, 11) is 0. The molecular formula is C28H21ClN2O5. The molecule has 0 bridgehead atoms. The van der Waals surface area contributed by atoms with E-state index in [-0.39, 0.29) is 30.0 Å². The topological polar surface area (TPSA) is 87.0 Å². The van der Waals surface area contributed by atoms with E-state index in [4.69, 9.17) is 21.1 Å². The third-order valence-electron chi connectivity index (χ3n) is 5.91. The van der Waals surface area contributed by atoms with Gasteiger partial charge in [-0.15, -0.1) is 0 Å². The van der Waals surface area contributed by atoms with Crippen LogP contribution in [0.1, 0.15) is 50.6 Å². The van der Waals surface area contributed by atoms with Crippen LogP contribution in [0.2, 0.25) is 5.02 Å². The second kappa shape index (κ2) is 9.43. The number of carbonyl (C=O) groups is 3. The van der Waals surface area contributed by atoms with Gasteiger partial charge in [0.05, 0.1) is 29.8 Å². The van der Waals surface area contributed by atoms with Crippen molar-refractivity contribution in [2.45, 2.75) is 13.8 Å². The van der Waals surface area contributed by atoms with Gasteiger partial charge in [0.1, 0.15) is 16.8 Å². The molecule has 0 radical (unpaired) electrons. The molecule has 36 heavy (non-hydrogen) atoms. The summed E-state index contributed by atoms with van der Waals surface area (Å²) in [4.78, 5) is 45.1.